The first kappa shape index (κ1) is 18.5. The lowest BCUT2D eigenvalue weighted by atomic mass is 9.65. The predicted octanol–water partition coefficient (Wildman–Crippen LogP) is 3.20. The molecule has 0 bridgehead atoms. The van der Waals surface area contributed by atoms with Crippen LogP contribution in [0.15, 0.2) is 24.3 Å². The molecule has 1 spiro atoms. The van der Waals surface area contributed by atoms with Gasteiger partial charge in [-0.2, -0.15) is 0 Å². The molecule has 1 aromatic rings. The van der Waals surface area contributed by atoms with E-state index < -0.39 is 5.54 Å². The molecule has 0 unspecified atom stereocenters. The first-order valence-electron chi connectivity index (χ1n) is 10.4. The summed E-state index contributed by atoms with van der Waals surface area (Å²) >= 11 is 0. The van der Waals surface area contributed by atoms with Gasteiger partial charge in [0.1, 0.15) is 0 Å². The first-order chi connectivity index (χ1) is 13.2. The standard InChI is InChI=1S/C22H30N2O3/c1-27-16-15-24-20(25)18-10-4-3-9-17(18)19(21(26)23-13-7-8-14-23)22(24)11-5-2-6-12-22/h3-4,9-10,19H,2,5-8,11-16H2,1H3/t19-/m1/s1. The highest BCUT2D eigenvalue weighted by Gasteiger charge is 2.55. The normalized spacial score (nSPS) is 24.3. The van der Waals surface area contributed by atoms with Crippen molar-refractivity contribution in [2.24, 2.45) is 0 Å². The zero-order valence-electron chi connectivity index (χ0n) is 16.3. The smallest absolute Gasteiger partial charge is 0.254 e. The predicted molar refractivity (Wildman–Crippen MR) is 104 cm³/mol. The van der Waals surface area contributed by atoms with Crippen LogP contribution in [0.2, 0.25) is 0 Å². The van der Waals surface area contributed by atoms with Crippen LogP contribution in [0, 0.1) is 0 Å². The van der Waals surface area contributed by atoms with Gasteiger partial charge >= 0.3 is 0 Å². The minimum Gasteiger partial charge on any atom is -0.383 e. The van der Waals surface area contributed by atoms with Gasteiger partial charge in [0.2, 0.25) is 5.91 Å². The van der Waals surface area contributed by atoms with Crippen molar-refractivity contribution in [3.8, 4) is 0 Å². The van der Waals surface area contributed by atoms with E-state index in [0.29, 0.717) is 18.7 Å². The fraction of sp³-hybridized carbons (Fsp3) is 0.636. The quantitative estimate of drug-likeness (QED) is 0.818. The summed E-state index contributed by atoms with van der Waals surface area (Å²) < 4.78 is 5.32. The third kappa shape index (κ3) is 3.06. The number of carbonyl (C=O) groups excluding carboxylic acids is 2. The van der Waals surface area contributed by atoms with E-state index in [1.165, 1.54) is 6.42 Å². The van der Waals surface area contributed by atoms with E-state index in [1.807, 2.05) is 34.1 Å². The van der Waals surface area contributed by atoms with E-state index >= 15 is 0 Å². The van der Waals surface area contributed by atoms with Crippen LogP contribution in [0.5, 0.6) is 0 Å². The summed E-state index contributed by atoms with van der Waals surface area (Å²) in [6.45, 7) is 2.74. The Morgan fingerprint density at radius 2 is 1.81 bits per heavy atom. The molecule has 2 aliphatic heterocycles. The molecule has 0 aromatic heterocycles. The van der Waals surface area contributed by atoms with E-state index in [0.717, 1.165) is 57.2 Å². The fourth-order valence-corrected chi connectivity index (χ4v) is 5.45. The van der Waals surface area contributed by atoms with Gasteiger partial charge in [-0.1, -0.05) is 37.5 Å². The molecule has 1 aromatic carbocycles. The average Bonchev–Trinajstić information content (AvgIpc) is 3.23. The number of carbonyl (C=O) groups is 2. The van der Waals surface area contributed by atoms with Crippen LogP contribution < -0.4 is 0 Å². The maximum absolute atomic E-state index is 13.7. The number of ether oxygens (including phenoxy) is 1. The van der Waals surface area contributed by atoms with Crippen LogP contribution in [0.25, 0.3) is 0 Å². The van der Waals surface area contributed by atoms with Gasteiger partial charge in [0.05, 0.1) is 18.1 Å². The van der Waals surface area contributed by atoms with Crippen molar-refractivity contribution in [2.75, 3.05) is 33.4 Å². The highest BCUT2D eigenvalue weighted by molar-refractivity contribution is 6.02. The van der Waals surface area contributed by atoms with Crippen molar-refractivity contribution < 1.29 is 14.3 Å². The number of nitrogens with zero attached hydrogens (tertiary/aromatic N) is 2. The lowest BCUT2D eigenvalue weighted by Crippen LogP contribution is -2.63. The van der Waals surface area contributed by atoms with Gasteiger partial charge in [0, 0.05) is 32.3 Å². The van der Waals surface area contributed by atoms with E-state index in [1.54, 1.807) is 7.11 Å². The van der Waals surface area contributed by atoms with Crippen molar-refractivity contribution in [2.45, 2.75) is 56.4 Å². The molecule has 4 rings (SSSR count). The molecule has 5 heteroatoms. The monoisotopic (exact) mass is 370 g/mol. The second-order valence-electron chi connectivity index (χ2n) is 8.17. The summed E-state index contributed by atoms with van der Waals surface area (Å²) in [5.41, 5.74) is 1.24. The van der Waals surface area contributed by atoms with E-state index in [9.17, 15) is 9.59 Å². The molecule has 146 valence electrons. The second-order valence-corrected chi connectivity index (χ2v) is 8.17. The Hall–Kier alpha value is -1.88. The third-order valence-electron chi connectivity index (χ3n) is 6.73. The highest BCUT2D eigenvalue weighted by Crippen LogP contribution is 2.49. The Balaban J connectivity index is 1.83. The molecular formula is C22H30N2O3. The lowest BCUT2D eigenvalue weighted by Gasteiger charge is -2.54. The fourth-order valence-electron chi connectivity index (χ4n) is 5.45. The molecule has 0 radical (unpaired) electrons. The number of hydrogen-bond donors (Lipinski definition) is 0. The van der Waals surface area contributed by atoms with Gasteiger partial charge in [-0.25, -0.2) is 0 Å². The minimum absolute atomic E-state index is 0.0648. The number of likely N-dealkylation sites (tertiary alicyclic amines) is 1. The molecule has 2 amide bonds. The number of fused-ring (bicyclic) bond motifs is 1. The van der Waals surface area contributed by atoms with Gasteiger partial charge in [-0.15, -0.1) is 0 Å². The van der Waals surface area contributed by atoms with Crippen molar-refractivity contribution in [3.63, 3.8) is 0 Å². The van der Waals surface area contributed by atoms with Gasteiger partial charge in [-0.05, 0) is 37.3 Å². The first-order valence-corrected chi connectivity index (χ1v) is 10.4. The van der Waals surface area contributed by atoms with Crippen molar-refractivity contribution in [3.05, 3.63) is 35.4 Å². The van der Waals surface area contributed by atoms with Gasteiger partial charge in [0.15, 0.2) is 0 Å². The van der Waals surface area contributed by atoms with Crippen LogP contribution >= 0.6 is 0 Å². The Bertz CT molecular complexity index is 705. The Morgan fingerprint density at radius 1 is 1.11 bits per heavy atom. The Labute approximate surface area is 161 Å². The summed E-state index contributed by atoms with van der Waals surface area (Å²) in [6.07, 6.45) is 7.30. The molecule has 0 N–H and O–H groups in total. The molecule has 3 aliphatic rings. The largest absolute Gasteiger partial charge is 0.383 e. The minimum atomic E-state index is -0.401. The molecule has 1 saturated carbocycles. The third-order valence-corrected chi connectivity index (χ3v) is 6.73. The van der Waals surface area contributed by atoms with Crippen LogP contribution in [0.4, 0.5) is 0 Å². The molecule has 1 atom stereocenters. The summed E-state index contributed by atoms with van der Waals surface area (Å²) in [5, 5.41) is 0. The molecule has 2 fully saturated rings. The molecule has 2 heterocycles. The number of benzene rings is 1. The Kier molecular flexibility index (Phi) is 5.22. The molecule has 5 nitrogen and oxygen atoms in total. The Morgan fingerprint density at radius 3 is 2.52 bits per heavy atom. The SMILES string of the molecule is COCCN1C(=O)c2ccccc2[C@H](C(=O)N2CCCC2)C12CCCCC2. The van der Waals surface area contributed by atoms with E-state index in [2.05, 4.69) is 0 Å². The van der Waals surface area contributed by atoms with Crippen molar-refractivity contribution >= 4 is 11.8 Å². The van der Waals surface area contributed by atoms with Gasteiger partial charge in [-0.3, -0.25) is 9.59 Å². The number of hydrogen-bond acceptors (Lipinski definition) is 3. The number of methoxy groups -OCH3 is 1. The van der Waals surface area contributed by atoms with Gasteiger partial charge in [0.25, 0.3) is 5.91 Å². The maximum atomic E-state index is 13.7. The van der Waals surface area contributed by atoms with Crippen LogP contribution in [0.3, 0.4) is 0 Å². The summed E-state index contributed by atoms with van der Waals surface area (Å²) in [4.78, 5) is 31.2. The van der Waals surface area contributed by atoms with Crippen molar-refractivity contribution in [1.29, 1.82) is 0 Å². The number of amides is 2. The van der Waals surface area contributed by atoms with E-state index in [4.69, 9.17) is 4.74 Å². The molecule has 27 heavy (non-hydrogen) atoms. The number of rotatable bonds is 4. The zero-order valence-corrected chi connectivity index (χ0v) is 16.3. The van der Waals surface area contributed by atoms with E-state index in [-0.39, 0.29) is 17.7 Å². The molecular weight excluding hydrogens is 340 g/mol. The van der Waals surface area contributed by atoms with Crippen molar-refractivity contribution in [1.82, 2.24) is 9.80 Å². The van der Waals surface area contributed by atoms with Gasteiger partial charge < -0.3 is 14.5 Å². The van der Waals surface area contributed by atoms with Crippen LogP contribution in [-0.2, 0) is 9.53 Å². The second kappa shape index (κ2) is 7.63. The average molecular weight is 370 g/mol. The molecule has 1 aliphatic carbocycles. The van der Waals surface area contributed by atoms with Crippen LogP contribution in [-0.4, -0.2) is 60.5 Å². The topological polar surface area (TPSA) is 49.9 Å². The summed E-state index contributed by atoms with van der Waals surface area (Å²) in [7, 11) is 1.67. The summed E-state index contributed by atoms with van der Waals surface area (Å²) in [5.74, 6) is 0.0356. The highest BCUT2D eigenvalue weighted by atomic mass is 16.5. The van der Waals surface area contributed by atoms with Crippen LogP contribution in [0.1, 0.15) is 66.8 Å². The molecule has 1 saturated heterocycles. The lowest BCUT2D eigenvalue weighted by molar-refractivity contribution is -0.137. The maximum Gasteiger partial charge on any atom is 0.254 e. The summed E-state index contributed by atoms with van der Waals surface area (Å²) in [6, 6.07) is 7.77. The zero-order chi connectivity index (χ0) is 18.9.